The van der Waals surface area contributed by atoms with Gasteiger partial charge in [-0.25, -0.2) is 0 Å². The van der Waals surface area contributed by atoms with Gasteiger partial charge in [0.05, 0.1) is 0 Å². The van der Waals surface area contributed by atoms with Crippen LogP contribution in [0.3, 0.4) is 0 Å². The van der Waals surface area contributed by atoms with Crippen LogP contribution in [0.4, 0.5) is 5.69 Å². The van der Waals surface area contributed by atoms with Crippen LogP contribution < -0.4 is 9.47 Å². The maximum atomic E-state index is 13.0. The highest BCUT2D eigenvalue weighted by atomic mass is 16.2. The zero-order valence-corrected chi connectivity index (χ0v) is 15.4. The normalized spacial score (nSPS) is 11.8. The van der Waals surface area contributed by atoms with Gasteiger partial charge in [0, 0.05) is 31.3 Å². The Hall–Kier alpha value is -2.94. The van der Waals surface area contributed by atoms with E-state index in [2.05, 4.69) is 36.4 Å². The summed E-state index contributed by atoms with van der Waals surface area (Å²) < 4.78 is 1.97. The predicted molar refractivity (Wildman–Crippen MR) is 105 cm³/mol. The molecule has 132 valence electrons. The van der Waals surface area contributed by atoms with Gasteiger partial charge in [-0.15, -0.1) is 0 Å². The molecule has 1 aromatic heterocycles. The molecule has 1 amide bonds. The number of aromatic nitrogens is 1. The van der Waals surface area contributed by atoms with Gasteiger partial charge in [-0.1, -0.05) is 48.5 Å². The van der Waals surface area contributed by atoms with Crippen molar-refractivity contribution in [1.82, 2.24) is 0 Å². The Balaban J connectivity index is 1.72. The van der Waals surface area contributed by atoms with Crippen molar-refractivity contribution in [3.05, 3.63) is 96.3 Å². The van der Waals surface area contributed by atoms with Crippen LogP contribution in [0.1, 0.15) is 31.0 Å². The highest BCUT2D eigenvalue weighted by Gasteiger charge is 2.27. The fourth-order valence-corrected chi connectivity index (χ4v) is 3.10. The van der Waals surface area contributed by atoms with Gasteiger partial charge < -0.3 is 4.90 Å². The topological polar surface area (TPSA) is 24.2 Å². The molecular formula is C23H25N2O+. The number of carbonyl (C=O) groups excluding carboxylic acids is 1. The standard InChI is InChI=1S/C23H25N2O/c1-3-25(22-12-8-5-9-13-22)23(26)19(2)24-16-14-21(15-17-24)18-20-10-6-4-7-11-20/h4-17,19H,3,18H2,1-2H3/q+1/t19-/m0/s1. The van der Waals surface area contributed by atoms with E-state index in [9.17, 15) is 4.79 Å². The summed E-state index contributed by atoms with van der Waals surface area (Å²) in [5.41, 5.74) is 3.46. The molecule has 0 fully saturated rings. The lowest BCUT2D eigenvalue weighted by atomic mass is 10.1. The molecule has 0 aliphatic carbocycles. The molecule has 3 aromatic rings. The number of para-hydroxylation sites is 1. The first-order valence-electron chi connectivity index (χ1n) is 9.09. The molecule has 0 radical (unpaired) electrons. The SMILES string of the molecule is CCN(C(=O)[C@H](C)[n+]1ccc(Cc2ccccc2)cc1)c1ccccc1. The van der Waals surface area contributed by atoms with E-state index >= 15 is 0 Å². The van der Waals surface area contributed by atoms with Crippen molar-refractivity contribution in [2.75, 3.05) is 11.4 Å². The number of carbonyl (C=O) groups is 1. The zero-order valence-electron chi connectivity index (χ0n) is 15.4. The Labute approximate surface area is 155 Å². The van der Waals surface area contributed by atoms with Crippen LogP contribution in [0.25, 0.3) is 0 Å². The fourth-order valence-electron chi connectivity index (χ4n) is 3.10. The van der Waals surface area contributed by atoms with Gasteiger partial charge in [-0.3, -0.25) is 4.79 Å². The van der Waals surface area contributed by atoms with E-state index in [1.807, 2.05) is 72.1 Å². The number of hydrogen-bond donors (Lipinski definition) is 0. The molecule has 0 aliphatic rings. The first-order chi connectivity index (χ1) is 12.7. The van der Waals surface area contributed by atoms with Gasteiger partial charge in [0.25, 0.3) is 5.91 Å². The van der Waals surface area contributed by atoms with Crippen molar-refractivity contribution >= 4 is 11.6 Å². The van der Waals surface area contributed by atoms with Gasteiger partial charge in [0.2, 0.25) is 6.04 Å². The molecule has 3 nitrogen and oxygen atoms in total. The highest BCUT2D eigenvalue weighted by Crippen LogP contribution is 2.16. The van der Waals surface area contributed by atoms with Crippen molar-refractivity contribution < 1.29 is 9.36 Å². The monoisotopic (exact) mass is 345 g/mol. The van der Waals surface area contributed by atoms with E-state index in [1.165, 1.54) is 11.1 Å². The Bertz CT molecular complexity index is 829. The number of anilines is 1. The molecule has 0 N–H and O–H groups in total. The lowest BCUT2D eigenvalue weighted by Gasteiger charge is -2.22. The van der Waals surface area contributed by atoms with Crippen LogP contribution in [0.5, 0.6) is 0 Å². The minimum absolute atomic E-state index is 0.0968. The van der Waals surface area contributed by atoms with Crippen molar-refractivity contribution in [1.29, 1.82) is 0 Å². The van der Waals surface area contributed by atoms with Crippen molar-refractivity contribution in [2.45, 2.75) is 26.3 Å². The van der Waals surface area contributed by atoms with Crippen LogP contribution in [0, 0.1) is 0 Å². The maximum absolute atomic E-state index is 13.0. The number of amides is 1. The molecular weight excluding hydrogens is 320 g/mol. The van der Waals surface area contributed by atoms with Crippen molar-refractivity contribution in [3.63, 3.8) is 0 Å². The van der Waals surface area contributed by atoms with E-state index in [4.69, 9.17) is 0 Å². The van der Waals surface area contributed by atoms with Gasteiger partial charge in [-0.2, -0.15) is 4.57 Å². The van der Waals surface area contributed by atoms with Crippen molar-refractivity contribution in [2.24, 2.45) is 0 Å². The Kier molecular flexibility index (Phi) is 5.80. The van der Waals surface area contributed by atoms with Crippen molar-refractivity contribution in [3.8, 4) is 0 Å². The molecule has 1 atom stereocenters. The molecule has 2 aromatic carbocycles. The number of likely N-dealkylation sites (N-methyl/N-ethyl adjacent to an activating group) is 1. The molecule has 0 spiro atoms. The second kappa shape index (κ2) is 8.43. The number of rotatable bonds is 6. The quantitative estimate of drug-likeness (QED) is 0.615. The molecule has 0 bridgehead atoms. The Morgan fingerprint density at radius 1 is 0.885 bits per heavy atom. The predicted octanol–water partition coefficient (Wildman–Crippen LogP) is 4.18. The summed E-state index contributed by atoms with van der Waals surface area (Å²) in [5, 5.41) is 0. The maximum Gasteiger partial charge on any atom is 0.295 e. The summed E-state index contributed by atoms with van der Waals surface area (Å²) in [6.45, 7) is 4.61. The number of hydrogen-bond acceptors (Lipinski definition) is 1. The molecule has 0 aliphatic heterocycles. The molecule has 3 rings (SSSR count). The van der Waals surface area contributed by atoms with Gasteiger partial charge in [-0.05, 0) is 36.6 Å². The molecule has 26 heavy (non-hydrogen) atoms. The van der Waals surface area contributed by atoms with E-state index in [-0.39, 0.29) is 11.9 Å². The first kappa shape index (κ1) is 17.9. The minimum atomic E-state index is -0.249. The molecule has 0 saturated heterocycles. The summed E-state index contributed by atoms with van der Waals surface area (Å²) in [6.07, 6.45) is 4.90. The third-order valence-corrected chi connectivity index (χ3v) is 4.63. The second-order valence-corrected chi connectivity index (χ2v) is 6.41. The Morgan fingerprint density at radius 3 is 2.00 bits per heavy atom. The smallest absolute Gasteiger partial charge is 0.295 e. The highest BCUT2D eigenvalue weighted by molar-refractivity contribution is 5.94. The van der Waals surface area contributed by atoms with Crippen LogP contribution in [0.2, 0.25) is 0 Å². The average molecular weight is 345 g/mol. The largest absolute Gasteiger partial charge is 0.307 e. The van der Waals surface area contributed by atoms with Crippen LogP contribution in [-0.2, 0) is 11.2 Å². The lowest BCUT2D eigenvalue weighted by Crippen LogP contribution is -2.48. The molecule has 3 heteroatoms. The molecule has 0 unspecified atom stereocenters. The van der Waals surface area contributed by atoms with E-state index in [1.54, 1.807) is 0 Å². The van der Waals surface area contributed by atoms with Gasteiger partial charge in [0.1, 0.15) is 0 Å². The zero-order chi connectivity index (χ0) is 18.4. The number of benzene rings is 2. The summed E-state index contributed by atoms with van der Waals surface area (Å²) in [4.78, 5) is 14.8. The number of pyridine rings is 1. The minimum Gasteiger partial charge on any atom is -0.307 e. The van der Waals surface area contributed by atoms with E-state index in [0.717, 1.165) is 12.1 Å². The Morgan fingerprint density at radius 2 is 1.42 bits per heavy atom. The lowest BCUT2D eigenvalue weighted by molar-refractivity contribution is -0.705. The summed E-state index contributed by atoms with van der Waals surface area (Å²) in [7, 11) is 0. The number of nitrogens with zero attached hydrogens (tertiary/aromatic N) is 2. The molecule has 1 heterocycles. The van der Waals surface area contributed by atoms with Crippen LogP contribution in [0.15, 0.2) is 85.2 Å². The van der Waals surface area contributed by atoms with E-state index in [0.29, 0.717) is 6.54 Å². The van der Waals surface area contributed by atoms with Gasteiger partial charge >= 0.3 is 0 Å². The van der Waals surface area contributed by atoms with Gasteiger partial charge in [0.15, 0.2) is 12.4 Å². The third-order valence-electron chi connectivity index (χ3n) is 4.63. The van der Waals surface area contributed by atoms with E-state index < -0.39 is 0 Å². The van der Waals surface area contributed by atoms with Crippen LogP contribution >= 0.6 is 0 Å². The first-order valence-corrected chi connectivity index (χ1v) is 9.09. The third kappa shape index (κ3) is 4.17. The fraction of sp³-hybridized carbons (Fsp3) is 0.217. The summed E-state index contributed by atoms with van der Waals surface area (Å²) in [6, 6.07) is 24.2. The average Bonchev–Trinajstić information content (AvgIpc) is 2.70. The molecule has 0 saturated carbocycles. The van der Waals surface area contributed by atoms with Crippen LogP contribution in [-0.4, -0.2) is 12.5 Å². The summed E-state index contributed by atoms with van der Waals surface area (Å²) in [5.74, 6) is 0.0968. The second-order valence-electron chi connectivity index (χ2n) is 6.41. The summed E-state index contributed by atoms with van der Waals surface area (Å²) >= 11 is 0.